The molecule has 1 aromatic carbocycles. The summed E-state index contributed by atoms with van der Waals surface area (Å²) in [5.74, 6) is 1.96. The second-order valence-electron chi connectivity index (χ2n) is 6.67. The zero-order valence-corrected chi connectivity index (χ0v) is 21.2. The molecule has 1 aromatic heterocycles. The van der Waals surface area contributed by atoms with Crippen molar-refractivity contribution >= 4 is 47.2 Å². The highest BCUT2D eigenvalue weighted by atomic mass is 127. The zero-order valence-electron chi connectivity index (χ0n) is 18.0. The fourth-order valence-corrected chi connectivity index (χ4v) is 3.49. The van der Waals surface area contributed by atoms with Crippen LogP contribution in [0.5, 0.6) is 5.75 Å². The summed E-state index contributed by atoms with van der Waals surface area (Å²) in [5.41, 5.74) is 3.73. The number of thiazole rings is 1. The van der Waals surface area contributed by atoms with Crippen LogP contribution in [0.4, 0.5) is 0 Å². The van der Waals surface area contributed by atoms with E-state index in [0.29, 0.717) is 23.9 Å². The second kappa shape index (κ2) is 14.2. The van der Waals surface area contributed by atoms with Crippen LogP contribution in [0.25, 0.3) is 0 Å². The van der Waals surface area contributed by atoms with Crippen molar-refractivity contribution < 1.29 is 9.53 Å². The van der Waals surface area contributed by atoms with Crippen molar-refractivity contribution in [2.75, 3.05) is 33.3 Å². The summed E-state index contributed by atoms with van der Waals surface area (Å²) >= 11 is 1.36. The van der Waals surface area contributed by atoms with Gasteiger partial charge < -0.3 is 20.7 Å². The van der Waals surface area contributed by atoms with Gasteiger partial charge in [-0.1, -0.05) is 19.1 Å². The second-order valence-corrected chi connectivity index (χ2v) is 7.53. The van der Waals surface area contributed by atoms with E-state index < -0.39 is 0 Å². The Labute approximate surface area is 200 Å². The Kier molecular flexibility index (Phi) is 12.4. The third-order valence-corrected chi connectivity index (χ3v) is 5.44. The highest BCUT2D eigenvalue weighted by Gasteiger charge is 2.10. The molecule has 2 aromatic rings. The molecule has 1 unspecified atom stereocenters. The molecule has 0 aliphatic carbocycles. The van der Waals surface area contributed by atoms with Crippen molar-refractivity contribution in [3.8, 4) is 5.75 Å². The number of aliphatic imine (C=N–C) groups is 1. The SMILES string of the molecule is CCNC(=NCCC(C)c1ccc(OC)cc1)NCCNC(=O)c1scnc1C.I. The summed E-state index contributed by atoms with van der Waals surface area (Å²) in [5, 5.41) is 9.40. The summed E-state index contributed by atoms with van der Waals surface area (Å²) in [6.45, 7) is 8.69. The number of hydrogen-bond acceptors (Lipinski definition) is 5. The number of methoxy groups -OCH3 is 1. The van der Waals surface area contributed by atoms with Gasteiger partial charge >= 0.3 is 0 Å². The molecular formula is C21H32IN5O2S. The van der Waals surface area contributed by atoms with Gasteiger partial charge in [-0.3, -0.25) is 9.79 Å². The normalized spacial score (nSPS) is 11.9. The number of halogens is 1. The minimum absolute atomic E-state index is 0. The molecule has 1 atom stereocenters. The van der Waals surface area contributed by atoms with E-state index in [0.717, 1.165) is 36.9 Å². The topological polar surface area (TPSA) is 87.6 Å². The lowest BCUT2D eigenvalue weighted by molar-refractivity contribution is 0.0957. The minimum Gasteiger partial charge on any atom is -0.497 e. The fourth-order valence-electron chi connectivity index (χ4n) is 2.77. The highest BCUT2D eigenvalue weighted by molar-refractivity contribution is 14.0. The van der Waals surface area contributed by atoms with Crippen molar-refractivity contribution in [1.82, 2.24) is 20.9 Å². The highest BCUT2D eigenvalue weighted by Crippen LogP contribution is 2.21. The molecule has 0 spiro atoms. The number of hydrogen-bond donors (Lipinski definition) is 3. The quantitative estimate of drug-likeness (QED) is 0.184. The molecule has 0 saturated heterocycles. The smallest absolute Gasteiger partial charge is 0.263 e. The first-order chi connectivity index (χ1) is 14.0. The van der Waals surface area contributed by atoms with Crippen LogP contribution < -0.4 is 20.7 Å². The van der Waals surface area contributed by atoms with Crippen molar-refractivity contribution in [1.29, 1.82) is 0 Å². The first kappa shape index (κ1) is 26.2. The van der Waals surface area contributed by atoms with Crippen molar-refractivity contribution in [3.63, 3.8) is 0 Å². The van der Waals surface area contributed by atoms with E-state index in [1.165, 1.54) is 16.9 Å². The largest absolute Gasteiger partial charge is 0.497 e. The maximum absolute atomic E-state index is 12.1. The average Bonchev–Trinajstić information content (AvgIpc) is 3.16. The number of ether oxygens (including phenoxy) is 1. The summed E-state index contributed by atoms with van der Waals surface area (Å²) in [7, 11) is 1.67. The number of rotatable bonds is 10. The lowest BCUT2D eigenvalue weighted by atomic mass is 9.98. The Balaban J connectivity index is 0.00000450. The van der Waals surface area contributed by atoms with E-state index in [1.54, 1.807) is 12.6 Å². The number of amides is 1. The zero-order chi connectivity index (χ0) is 21.1. The molecule has 9 heteroatoms. The molecule has 0 aliphatic rings. The molecule has 2 rings (SSSR count). The molecule has 0 radical (unpaired) electrons. The van der Waals surface area contributed by atoms with Gasteiger partial charge in [0.25, 0.3) is 5.91 Å². The van der Waals surface area contributed by atoms with E-state index in [9.17, 15) is 4.79 Å². The fraction of sp³-hybridized carbons (Fsp3) is 0.476. The molecule has 0 aliphatic heterocycles. The molecule has 166 valence electrons. The predicted molar refractivity (Wildman–Crippen MR) is 135 cm³/mol. The molecule has 0 saturated carbocycles. The van der Waals surface area contributed by atoms with Crippen LogP contribution in [-0.4, -0.2) is 50.1 Å². The molecule has 3 N–H and O–H groups in total. The number of carbonyl (C=O) groups excluding carboxylic acids is 1. The summed E-state index contributed by atoms with van der Waals surface area (Å²) < 4.78 is 5.21. The van der Waals surface area contributed by atoms with Gasteiger partial charge in [0.1, 0.15) is 10.6 Å². The number of guanidine groups is 1. The Morgan fingerprint density at radius 1 is 1.20 bits per heavy atom. The number of carbonyl (C=O) groups is 1. The van der Waals surface area contributed by atoms with E-state index in [1.807, 2.05) is 26.0 Å². The summed E-state index contributed by atoms with van der Waals surface area (Å²) in [6, 6.07) is 8.18. The van der Waals surface area contributed by atoms with Gasteiger partial charge in [-0.15, -0.1) is 35.3 Å². The van der Waals surface area contributed by atoms with E-state index in [2.05, 4.69) is 45.0 Å². The third kappa shape index (κ3) is 8.47. The van der Waals surface area contributed by atoms with Crippen LogP contribution in [0.1, 0.15) is 47.1 Å². The van der Waals surface area contributed by atoms with Crippen LogP contribution >= 0.6 is 35.3 Å². The summed E-state index contributed by atoms with van der Waals surface area (Å²) in [6.07, 6.45) is 0.949. The van der Waals surface area contributed by atoms with Gasteiger partial charge in [0.05, 0.1) is 18.3 Å². The van der Waals surface area contributed by atoms with Gasteiger partial charge in [-0.2, -0.15) is 0 Å². The molecular weight excluding hydrogens is 513 g/mol. The number of benzene rings is 1. The number of aromatic nitrogens is 1. The molecule has 0 bridgehead atoms. The molecule has 30 heavy (non-hydrogen) atoms. The van der Waals surface area contributed by atoms with Gasteiger partial charge in [0.2, 0.25) is 0 Å². The van der Waals surface area contributed by atoms with Gasteiger partial charge in [0.15, 0.2) is 5.96 Å². The molecule has 7 nitrogen and oxygen atoms in total. The van der Waals surface area contributed by atoms with Crippen molar-refractivity contribution in [3.05, 3.63) is 45.9 Å². The maximum Gasteiger partial charge on any atom is 0.263 e. The Morgan fingerprint density at radius 2 is 1.90 bits per heavy atom. The Morgan fingerprint density at radius 3 is 2.50 bits per heavy atom. The lowest BCUT2D eigenvalue weighted by Gasteiger charge is -2.14. The first-order valence-corrected chi connectivity index (χ1v) is 10.8. The minimum atomic E-state index is -0.0814. The number of nitrogens with one attached hydrogen (secondary N) is 3. The van der Waals surface area contributed by atoms with E-state index >= 15 is 0 Å². The van der Waals surface area contributed by atoms with Crippen LogP contribution in [0.2, 0.25) is 0 Å². The van der Waals surface area contributed by atoms with Gasteiger partial charge in [-0.05, 0) is 43.9 Å². The van der Waals surface area contributed by atoms with E-state index in [-0.39, 0.29) is 29.9 Å². The summed E-state index contributed by atoms with van der Waals surface area (Å²) in [4.78, 5) is 21.5. The standard InChI is InChI=1S/C21H31N5O2S.HI/c1-5-22-21(25-13-12-23-20(27)19-16(3)26-14-29-19)24-11-10-15(2)17-6-8-18(28-4)9-7-17;/h6-9,14-15H,5,10-13H2,1-4H3,(H,23,27)(H2,22,24,25);1H. The molecule has 1 amide bonds. The Bertz CT molecular complexity index is 795. The number of aryl methyl sites for hydroxylation is 1. The van der Waals surface area contributed by atoms with Crippen molar-refractivity contribution in [2.45, 2.75) is 33.1 Å². The molecule has 0 fully saturated rings. The number of nitrogens with zero attached hydrogens (tertiary/aromatic N) is 2. The van der Waals surface area contributed by atoms with E-state index in [4.69, 9.17) is 4.74 Å². The van der Waals surface area contributed by atoms with Crippen LogP contribution in [0.3, 0.4) is 0 Å². The maximum atomic E-state index is 12.1. The van der Waals surface area contributed by atoms with Gasteiger partial charge in [-0.25, -0.2) is 4.98 Å². The van der Waals surface area contributed by atoms with Crippen LogP contribution in [-0.2, 0) is 0 Å². The van der Waals surface area contributed by atoms with Crippen molar-refractivity contribution in [2.24, 2.45) is 4.99 Å². The first-order valence-electron chi connectivity index (χ1n) is 9.89. The lowest BCUT2D eigenvalue weighted by Crippen LogP contribution is -2.41. The van der Waals surface area contributed by atoms with Gasteiger partial charge in [0, 0.05) is 26.2 Å². The van der Waals surface area contributed by atoms with Crippen LogP contribution in [0, 0.1) is 6.92 Å². The third-order valence-electron chi connectivity index (χ3n) is 4.52. The average molecular weight is 545 g/mol. The molecule has 1 heterocycles. The van der Waals surface area contributed by atoms with Crippen LogP contribution in [0.15, 0.2) is 34.8 Å². The monoisotopic (exact) mass is 545 g/mol. The Hall–Kier alpha value is -1.88. The predicted octanol–water partition coefficient (Wildman–Crippen LogP) is 3.56.